The van der Waals surface area contributed by atoms with E-state index in [0.717, 1.165) is 4.88 Å². The SMILES string of the molecule is CC(C)CC1C(=O)NC(c2cccs2)CN1C(=O)c1noc(-c2ccc(F)cc2)n1. The van der Waals surface area contributed by atoms with E-state index >= 15 is 0 Å². The number of piperazine rings is 1. The Morgan fingerprint density at radius 2 is 2.10 bits per heavy atom. The summed E-state index contributed by atoms with van der Waals surface area (Å²) >= 11 is 1.53. The molecule has 1 aliphatic heterocycles. The Balaban J connectivity index is 1.61. The Morgan fingerprint density at radius 1 is 1.33 bits per heavy atom. The summed E-state index contributed by atoms with van der Waals surface area (Å²) in [6.45, 7) is 4.33. The highest BCUT2D eigenvalue weighted by molar-refractivity contribution is 7.10. The van der Waals surface area contributed by atoms with Gasteiger partial charge in [-0.2, -0.15) is 4.98 Å². The first-order chi connectivity index (χ1) is 14.4. The number of thiophene rings is 1. The Bertz CT molecular complexity index is 1030. The second-order valence-electron chi connectivity index (χ2n) is 7.61. The third-order valence-corrected chi connectivity index (χ3v) is 5.91. The van der Waals surface area contributed by atoms with Crippen molar-refractivity contribution < 1.29 is 18.5 Å². The number of aromatic nitrogens is 2. The molecule has 1 aliphatic rings. The molecular formula is C21H21FN4O3S. The van der Waals surface area contributed by atoms with Gasteiger partial charge in [-0.25, -0.2) is 4.39 Å². The number of halogens is 1. The van der Waals surface area contributed by atoms with Gasteiger partial charge in [-0.05, 0) is 48.1 Å². The van der Waals surface area contributed by atoms with E-state index in [2.05, 4.69) is 15.5 Å². The lowest BCUT2D eigenvalue weighted by molar-refractivity contribution is -0.130. The molecule has 1 fully saturated rings. The maximum absolute atomic E-state index is 13.3. The molecule has 1 aromatic carbocycles. The molecule has 156 valence electrons. The highest BCUT2D eigenvalue weighted by Crippen LogP contribution is 2.28. The van der Waals surface area contributed by atoms with E-state index in [1.807, 2.05) is 31.4 Å². The minimum absolute atomic E-state index is 0.120. The van der Waals surface area contributed by atoms with Gasteiger partial charge >= 0.3 is 0 Å². The van der Waals surface area contributed by atoms with Crippen molar-refractivity contribution in [3.05, 3.63) is 58.3 Å². The second kappa shape index (κ2) is 8.35. The van der Waals surface area contributed by atoms with Crippen LogP contribution >= 0.6 is 11.3 Å². The van der Waals surface area contributed by atoms with Gasteiger partial charge in [0.2, 0.25) is 5.91 Å². The van der Waals surface area contributed by atoms with Gasteiger partial charge in [-0.1, -0.05) is 25.1 Å². The molecule has 3 heterocycles. The number of nitrogens with one attached hydrogen (secondary N) is 1. The number of hydrogen-bond donors (Lipinski definition) is 1. The summed E-state index contributed by atoms with van der Waals surface area (Å²) in [5, 5.41) is 8.77. The maximum atomic E-state index is 13.3. The van der Waals surface area contributed by atoms with Crippen LogP contribution in [0, 0.1) is 11.7 Å². The standard InChI is InChI=1S/C21H21FN4O3S/c1-12(2)10-16-19(27)23-15(17-4-3-9-30-17)11-26(16)21(28)18-24-20(29-25-18)13-5-7-14(22)8-6-13/h3-9,12,15-16H,10-11H2,1-2H3,(H,23,27). The van der Waals surface area contributed by atoms with Gasteiger partial charge in [-0.3, -0.25) is 9.59 Å². The average Bonchev–Trinajstić information content (AvgIpc) is 3.41. The number of carbonyl (C=O) groups excluding carboxylic acids is 2. The minimum Gasteiger partial charge on any atom is -0.345 e. The van der Waals surface area contributed by atoms with Gasteiger partial charge in [0.1, 0.15) is 11.9 Å². The molecular weight excluding hydrogens is 407 g/mol. The first kappa shape index (κ1) is 20.2. The van der Waals surface area contributed by atoms with Crippen LogP contribution in [0.2, 0.25) is 0 Å². The van der Waals surface area contributed by atoms with Crippen LogP contribution in [-0.4, -0.2) is 39.4 Å². The van der Waals surface area contributed by atoms with Crippen molar-refractivity contribution in [2.24, 2.45) is 5.92 Å². The molecule has 2 atom stereocenters. The summed E-state index contributed by atoms with van der Waals surface area (Å²) in [7, 11) is 0. The van der Waals surface area contributed by atoms with E-state index in [1.165, 1.54) is 40.5 Å². The first-order valence-corrected chi connectivity index (χ1v) is 10.5. The Hall–Kier alpha value is -3.07. The van der Waals surface area contributed by atoms with Crippen molar-refractivity contribution in [3.63, 3.8) is 0 Å². The first-order valence-electron chi connectivity index (χ1n) is 9.66. The van der Waals surface area contributed by atoms with E-state index in [0.29, 0.717) is 18.5 Å². The number of hydrogen-bond acceptors (Lipinski definition) is 6. The van der Waals surface area contributed by atoms with Gasteiger partial charge in [0.25, 0.3) is 17.6 Å². The van der Waals surface area contributed by atoms with Gasteiger partial charge in [0.15, 0.2) is 0 Å². The topological polar surface area (TPSA) is 88.3 Å². The number of nitrogens with zero attached hydrogens (tertiary/aromatic N) is 3. The number of benzene rings is 1. The van der Waals surface area contributed by atoms with Crippen molar-refractivity contribution in [1.82, 2.24) is 20.4 Å². The summed E-state index contributed by atoms with van der Waals surface area (Å²) in [6, 6.07) is 8.50. The normalized spacial score (nSPS) is 19.2. The van der Waals surface area contributed by atoms with Crippen LogP contribution in [0.25, 0.3) is 11.5 Å². The van der Waals surface area contributed by atoms with Crippen LogP contribution in [0.15, 0.2) is 46.3 Å². The van der Waals surface area contributed by atoms with Crippen LogP contribution in [-0.2, 0) is 4.79 Å². The third-order valence-electron chi connectivity index (χ3n) is 4.93. The van der Waals surface area contributed by atoms with E-state index in [4.69, 9.17) is 4.52 Å². The predicted octanol–water partition coefficient (Wildman–Crippen LogP) is 3.67. The van der Waals surface area contributed by atoms with E-state index < -0.39 is 11.9 Å². The van der Waals surface area contributed by atoms with E-state index in [9.17, 15) is 14.0 Å². The molecule has 0 aliphatic carbocycles. The smallest absolute Gasteiger partial charge is 0.296 e. The molecule has 1 saturated heterocycles. The highest BCUT2D eigenvalue weighted by Gasteiger charge is 2.40. The monoisotopic (exact) mass is 428 g/mol. The lowest BCUT2D eigenvalue weighted by atomic mass is 9.97. The lowest BCUT2D eigenvalue weighted by Gasteiger charge is -2.39. The fourth-order valence-electron chi connectivity index (χ4n) is 3.48. The molecule has 0 radical (unpaired) electrons. The fraction of sp³-hybridized carbons (Fsp3) is 0.333. The summed E-state index contributed by atoms with van der Waals surface area (Å²) < 4.78 is 18.4. The van der Waals surface area contributed by atoms with E-state index in [1.54, 1.807) is 0 Å². The Labute approximate surface area is 176 Å². The summed E-state index contributed by atoms with van der Waals surface area (Å²) in [6.07, 6.45) is 0.525. The quantitative estimate of drug-likeness (QED) is 0.670. The molecule has 4 rings (SSSR count). The molecule has 3 aromatic rings. The maximum Gasteiger partial charge on any atom is 0.296 e. The molecule has 1 N–H and O–H groups in total. The molecule has 9 heteroatoms. The van der Waals surface area contributed by atoms with Gasteiger partial charge in [-0.15, -0.1) is 11.3 Å². The molecule has 0 bridgehead atoms. The Morgan fingerprint density at radius 3 is 2.77 bits per heavy atom. The number of amides is 2. The number of carbonyl (C=O) groups is 2. The molecule has 7 nitrogen and oxygen atoms in total. The third kappa shape index (κ3) is 4.11. The lowest BCUT2D eigenvalue weighted by Crippen LogP contribution is -2.58. The summed E-state index contributed by atoms with van der Waals surface area (Å²) in [4.78, 5) is 32.8. The molecule has 0 saturated carbocycles. The second-order valence-corrected chi connectivity index (χ2v) is 8.59. The molecule has 30 heavy (non-hydrogen) atoms. The summed E-state index contributed by atoms with van der Waals surface area (Å²) in [5.74, 6) is -0.824. The zero-order valence-electron chi connectivity index (χ0n) is 16.5. The van der Waals surface area contributed by atoms with Crippen LogP contribution < -0.4 is 5.32 Å². The molecule has 0 spiro atoms. The largest absolute Gasteiger partial charge is 0.345 e. The molecule has 2 amide bonds. The van der Waals surface area contributed by atoms with Crippen LogP contribution in [0.1, 0.15) is 41.8 Å². The van der Waals surface area contributed by atoms with Crippen molar-refractivity contribution in [3.8, 4) is 11.5 Å². The Kier molecular flexibility index (Phi) is 5.63. The van der Waals surface area contributed by atoms with Gasteiger partial charge in [0, 0.05) is 17.0 Å². The fourth-order valence-corrected chi connectivity index (χ4v) is 4.25. The number of rotatable bonds is 5. The van der Waals surface area contributed by atoms with Crippen molar-refractivity contribution in [1.29, 1.82) is 0 Å². The zero-order chi connectivity index (χ0) is 21.3. The van der Waals surface area contributed by atoms with Crippen molar-refractivity contribution in [2.45, 2.75) is 32.4 Å². The van der Waals surface area contributed by atoms with Crippen LogP contribution in [0.3, 0.4) is 0 Å². The minimum atomic E-state index is -0.610. The molecule has 2 unspecified atom stereocenters. The molecule has 2 aromatic heterocycles. The average molecular weight is 428 g/mol. The summed E-state index contributed by atoms with van der Waals surface area (Å²) in [5.41, 5.74) is 0.509. The van der Waals surface area contributed by atoms with Crippen LogP contribution in [0.4, 0.5) is 4.39 Å². The predicted molar refractivity (Wildman–Crippen MR) is 109 cm³/mol. The van der Waals surface area contributed by atoms with Gasteiger partial charge in [0.05, 0.1) is 6.04 Å². The van der Waals surface area contributed by atoms with Crippen molar-refractivity contribution >= 4 is 23.2 Å². The van der Waals surface area contributed by atoms with Crippen molar-refractivity contribution in [2.75, 3.05) is 6.54 Å². The van der Waals surface area contributed by atoms with Crippen LogP contribution in [0.5, 0.6) is 0 Å². The highest BCUT2D eigenvalue weighted by atomic mass is 32.1. The van der Waals surface area contributed by atoms with E-state index in [-0.39, 0.29) is 35.4 Å². The van der Waals surface area contributed by atoms with Gasteiger partial charge < -0.3 is 14.7 Å². The zero-order valence-corrected chi connectivity index (χ0v) is 17.4.